The van der Waals surface area contributed by atoms with E-state index >= 15 is 0 Å². The molecule has 170 valence electrons. The largest absolute Gasteiger partial charge is 0.479 e. The summed E-state index contributed by atoms with van der Waals surface area (Å²) < 4.78 is 5.80. The minimum atomic E-state index is -1.74. The summed E-state index contributed by atoms with van der Waals surface area (Å²) in [6.45, 7) is 6.77. The van der Waals surface area contributed by atoms with Gasteiger partial charge in [0.25, 0.3) is 0 Å². The van der Waals surface area contributed by atoms with E-state index < -0.39 is 23.6 Å². The highest BCUT2D eigenvalue weighted by atomic mass is 16.6. The Labute approximate surface area is 193 Å². The van der Waals surface area contributed by atoms with Gasteiger partial charge in [-0.25, -0.2) is 9.59 Å². The summed E-state index contributed by atoms with van der Waals surface area (Å²) in [7, 11) is 0. The number of carboxylic acid groups (broad SMARTS) is 1. The van der Waals surface area contributed by atoms with E-state index in [-0.39, 0.29) is 18.2 Å². The van der Waals surface area contributed by atoms with Crippen LogP contribution in [-0.2, 0) is 15.1 Å². The Hall–Kier alpha value is -3.74. The molecule has 0 spiro atoms. The third kappa shape index (κ3) is 3.73. The van der Waals surface area contributed by atoms with Gasteiger partial charge in [-0.3, -0.25) is 14.9 Å². The first-order chi connectivity index (χ1) is 15.8. The minimum Gasteiger partial charge on any atom is -0.479 e. The predicted octanol–water partition coefficient (Wildman–Crippen LogP) is 4.74. The van der Waals surface area contributed by atoms with E-state index in [0.717, 1.165) is 22.3 Å². The lowest BCUT2D eigenvalue weighted by Crippen LogP contribution is -2.56. The maximum Gasteiger partial charge on any atom is 0.411 e. The van der Waals surface area contributed by atoms with E-state index in [9.17, 15) is 14.7 Å². The van der Waals surface area contributed by atoms with Gasteiger partial charge in [0.05, 0.1) is 11.4 Å². The van der Waals surface area contributed by atoms with Crippen LogP contribution >= 0.6 is 0 Å². The molecule has 0 radical (unpaired) electrons. The standard InChI is InChI=1S/C26H27N3O4/c1-16(2)29(26(4,24(30)31)23-17(3)27-13-14-28-23)25(32)33-15-22-20-11-7-5-9-18(20)19-10-6-8-12-21(19)22/h5-14,16,22H,15H2,1-4H3,(H,30,31). The number of hydrogen-bond acceptors (Lipinski definition) is 5. The van der Waals surface area contributed by atoms with Crippen LogP contribution in [0, 0.1) is 6.92 Å². The molecule has 4 rings (SSSR count). The van der Waals surface area contributed by atoms with Crippen molar-refractivity contribution in [2.45, 2.75) is 45.2 Å². The van der Waals surface area contributed by atoms with E-state index in [1.807, 2.05) is 36.4 Å². The van der Waals surface area contributed by atoms with Crippen molar-refractivity contribution in [1.29, 1.82) is 0 Å². The average molecular weight is 446 g/mol. The number of hydrogen-bond donors (Lipinski definition) is 1. The summed E-state index contributed by atoms with van der Waals surface area (Å²) in [6, 6.07) is 15.7. The van der Waals surface area contributed by atoms with Crippen molar-refractivity contribution in [2.24, 2.45) is 0 Å². The lowest BCUT2D eigenvalue weighted by molar-refractivity contribution is -0.151. The Bertz CT molecular complexity index is 1160. The molecule has 1 aliphatic rings. The van der Waals surface area contributed by atoms with Gasteiger partial charge in [-0.1, -0.05) is 48.5 Å². The van der Waals surface area contributed by atoms with E-state index in [1.165, 1.54) is 24.2 Å². The maximum atomic E-state index is 13.4. The second-order valence-corrected chi connectivity index (χ2v) is 8.64. The fourth-order valence-electron chi connectivity index (χ4n) is 4.78. The van der Waals surface area contributed by atoms with Gasteiger partial charge in [0.1, 0.15) is 6.61 Å². The van der Waals surface area contributed by atoms with Crippen LogP contribution < -0.4 is 0 Å². The summed E-state index contributed by atoms with van der Waals surface area (Å²) in [6.07, 6.45) is 2.22. The Balaban J connectivity index is 1.65. The molecule has 1 amide bonds. The highest BCUT2D eigenvalue weighted by Gasteiger charge is 2.49. The zero-order valence-electron chi connectivity index (χ0n) is 19.1. The summed E-state index contributed by atoms with van der Waals surface area (Å²) in [4.78, 5) is 35.6. The summed E-state index contributed by atoms with van der Waals surface area (Å²) >= 11 is 0. The molecule has 2 aromatic carbocycles. The number of fused-ring (bicyclic) bond motifs is 3. The van der Waals surface area contributed by atoms with Gasteiger partial charge in [0.15, 0.2) is 5.54 Å². The molecule has 1 aromatic heterocycles. The molecule has 1 atom stereocenters. The van der Waals surface area contributed by atoms with Gasteiger partial charge in [-0.05, 0) is 49.9 Å². The van der Waals surface area contributed by atoms with Gasteiger partial charge in [0.2, 0.25) is 0 Å². The SMILES string of the molecule is Cc1nccnc1C(C)(C(=O)O)N(C(=O)OCC1c2ccccc2-c2ccccc21)C(C)C. The fourth-order valence-corrected chi connectivity index (χ4v) is 4.78. The zero-order chi connectivity index (χ0) is 23.8. The second kappa shape index (κ2) is 8.65. The Kier molecular flexibility index (Phi) is 5.89. The molecular weight excluding hydrogens is 418 g/mol. The van der Waals surface area contributed by atoms with Gasteiger partial charge in [-0.2, -0.15) is 0 Å². The van der Waals surface area contributed by atoms with E-state index in [4.69, 9.17) is 4.74 Å². The first-order valence-corrected chi connectivity index (χ1v) is 10.9. The number of amides is 1. The molecule has 0 saturated heterocycles. The number of nitrogens with zero attached hydrogens (tertiary/aromatic N) is 3. The molecule has 1 N–H and O–H groups in total. The monoisotopic (exact) mass is 445 g/mol. The van der Waals surface area contributed by atoms with Crippen LogP contribution in [0.1, 0.15) is 49.2 Å². The summed E-state index contributed by atoms with van der Waals surface area (Å²) in [5.74, 6) is -1.32. The summed E-state index contributed by atoms with van der Waals surface area (Å²) in [5, 5.41) is 10.2. The molecule has 7 nitrogen and oxygen atoms in total. The molecule has 33 heavy (non-hydrogen) atoms. The highest BCUT2D eigenvalue weighted by molar-refractivity contribution is 5.85. The van der Waals surface area contributed by atoms with Crippen LogP contribution in [0.2, 0.25) is 0 Å². The Morgan fingerprint density at radius 3 is 2.09 bits per heavy atom. The zero-order valence-corrected chi connectivity index (χ0v) is 19.1. The molecular formula is C26H27N3O4. The molecule has 1 heterocycles. The number of carboxylic acids is 1. The molecule has 0 aliphatic heterocycles. The Morgan fingerprint density at radius 1 is 1.03 bits per heavy atom. The second-order valence-electron chi connectivity index (χ2n) is 8.64. The van der Waals surface area contributed by atoms with E-state index in [0.29, 0.717) is 5.69 Å². The topological polar surface area (TPSA) is 92.6 Å². The van der Waals surface area contributed by atoms with Crippen molar-refractivity contribution in [3.63, 3.8) is 0 Å². The van der Waals surface area contributed by atoms with Crippen LogP contribution in [0.3, 0.4) is 0 Å². The van der Waals surface area contributed by atoms with Crippen molar-refractivity contribution in [1.82, 2.24) is 14.9 Å². The number of ether oxygens (including phenoxy) is 1. The number of rotatable bonds is 6. The lowest BCUT2D eigenvalue weighted by atomic mass is 9.92. The fraction of sp³-hybridized carbons (Fsp3) is 0.308. The number of aliphatic carboxylic acids is 1. The molecule has 0 fully saturated rings. The van der Waals surface area contributed by atoms with Crippen LogP contribution in [0.5, 0.6) is 0 Å². The van der Waals surface area contributed by atoms with Crippen LogP contribution in [0.15, 0.2) is 60.9 Å². The number of carbonyl (C=O) groups is 2. The molecule has 0 saturated carbocycles. The maximum absolute atomic E-state index is 13.4. The molecule has 1 aliphatic carbocycles. The van der Waals surface area contributed by atoms with E-state index in [2.05, 4.69) is 22.1 Å². The third-order valence-electron chi connectivity index (χ3n) is 6.29. The number of benzene rings is 2. The molecule has 7 heteroatoms. The first-order valence-electron chi connectivity index (χ1n) is 10.9. The smallest absolute Gasteiger partial charge is 0.411 e. The third-order valence-corrected chi connectivity index (χ3v) is 6.29. The van der Waals surface area contributed by atoms with Crippen LogP contribution in [0.25, 0.3) is 11.1 Å². The number of carbonyl (C=O) groups excluding carboxylic acids is 1. The van der Waals surface area contributed by atoms with Crippen molar-refractivity contribution in [3.8, 4) is 11.1 Å². The number of aryl methyl sites for hydroxylation is 1. The highest BCUT2D eigenvalue weighted by Crippen LogP contribution is 2.44. The molecule has 3 aromatic rings. The molecule has 1 unspecified atom stereocenters. The Morgan fingerprint density at radius 2 is 1.58 bits per heavy atom. The normalized spacial score (nSPS) is 14.3. The van der Waals surface area contributed by atoms with E-state index in [1.54, 1.807) is 20.8 Å². The van der Waals surface area contributed by atoms with Crippen molar-refractivity contribution in [2.75, 3.05) is 6.61 Å². The van der Waals surface area contributed by atoms with Gasteiger partial charge >= 0.3 is 12.1 Å². The average Bonchev–Trinajstić information content (AvgIpc) is 3.11. The van der Waals surface area contributed by atoms with Crippen molar-refractivity contribution < 1.29 is 19.4 Å². The van der Waals surface area contributed by atoms with Gasteiger partial charge in [-0.15, -0.1) is 0 Å². The quantitative estimate of drug-likeness (QED) is 0.589. The first kappa shape index (κ1) is 22.5. The predicted molar refractivity (Wildman–Crippen MR) is 124 cm³/mol. The van der Waals surface area contributed by atoms with Crippen LogP contribution in [0.4, 0.5) is 4.79 Å². The lowest BCUT2D eigenvalue weighted by Gasteiger charge is -2.39. The van der Waals surface area contributed by atoms with Crippen molar-refractivity contribution >= 4 is 12.1 Å². The molecule has 0 bridgehead atoms. The summed E-state index contributed by atoms with van der Waals surface area (Å²) in [5.41, 5.74) is 3.34. The van der Waals surface area contributed by atoms with Crippen molar-refractivity contribution in [3.05, 3.63) is 83.4 Å². The number of aromatic nitrogens is 2. The van der Waals surface area contributed by atoms with Gasteiger partial charge in [0, 0.05) is 24.4 Å². The van der Waals surface area contributed by atoms with Crippen LogP contribution in [-0.4, -0.2) is 44.7 Å². The minimum absolute atomic E-state index is 0.102. The van der Waals surface area contributed by atoms with Gasteiger partial charge < -0.3 is 9.84 Å².